The molecule has 0 aromatic heterocycles. The summed E-state index contributed by atoms with van der Waals surface area (Å²) >= 11 is 3.28. The van der Waals surface area contributed by atoms with Gasteiger partial charge in [0.1, 0.15) is 11.8 Å². The molecule has 0 spiro atoms. The fourth-order valence-electron chi connectivity index (χ4n) is 1.74. The van der Waals surface area contributed by atoms with Crippen LogP contribution in [0.1, 0.15) is 5.56 Å². The van der Waals surface area contributed by atoms with Gasteiger partial charge in [-0.25, -0.2) is 4.79 Å². The highest BCUT2D eigenvalue weighted by molar-refractivity contribution is 9.10. The van der Waals surface area contributed by atoms with Gasteiger partial charge < -0.3 is 15.4 Å². The van der Waals surface area contributed by atoms with E-state index in [2.05, 4.69) is 26.6 Å². The Balaban J connectivity index is 2.14. The quantitative estimate of drug-likeness (QED) is 0.883. The molecule has 2 amide bonds. The number of hydrogen-bond donors (Lipinski definition) is 2. The van der Waals surface area contributed by atoms with Crippen LogP contribution in [0.25, 0.3) is 0 Å². The van der Waals surface area contributed by atoms with Crippen LogP contribution >= 0.6 is 15.9 Å². The maximum Gasteiger partial charge on any atom is 0.323 e. The molecule has 106 valence electrons. The van der Waals surface area contributed by atoms with E-state index in [-0.39, 0.29) is 0 Å². The lowest BCUT2D eigenvalue weighted by molar-refractivity contribution is 0.262. The van der Waals surface area contributed by atoms with Crippen molar-refractivity contribution in [3.05, 3.63) is 52.5 Å². The first-order valence-corrected chi connectivity index (χ1v) is 6.84. The van der Waals surface area contributed by atoms with Crippen LogP contribution in [0.2, 0.25) is 0 Å². The largest absolute Gasteiger partial charge is 0.495 e. The van der Waals surface area contributed by atoms with Gasteiger partial charge in [0.05, 0.1) is 24.0 Å². The predicted octanol–water partition coefficient (Wildman–Crippen LogP) is 3.97. The summed E-state index contributed by atoms with van der Waals surface area (Å²) in [6.07, 6.45) is 0. The summed E-state index contributed by atoms with van der Waals surface area (Å²) < 4.78 is 5.93. The maximum atomic E-state index is 12.0. The van der Waals surface area contributed by atoms with Gasteiger partial charge in [0.15, 0.2) is 0 Å². The monoisotopic (exact) mass is 345 g/mol. The van der Waals surface area contributed by atoms with Gasteiger partial charge in [-0.15, -0.1) is 0 Å². The number of carbonyl (C=O) groups excluding carboxylic acids is 1. The third kappa shape index (κ3) is 3.74. The van der Waals surface area contributed by atoms with Crippen LogP contribution in [0.4, 0.5) is 16.2 Å². The number of nitriles is 1. The first kappa shape index (κ1) is 14.9. The van der Waals surface area contributed by atoms with Crippen LogP contribution < -0.4 is 15.4 Å². The number of benzene rings is 2. The number of nitrogens with one attached hydrogen (secondary N) is 2. The second-order valence-electron chi connectivity index (χ2n) is 4.08. The Kier molecular flexibility index (Phi) is 4.80. The van der Waals surface area contributed by atoms with E-state index in [1.165, 1.54) is 7.11 Å². The zero-order valence-corrected chi connectivity index (χ0v) is 12.8. The minimum Gasteiger partial charge on any atom is -0.495 e. The van der Waals surface area contributed by atoms with Crippen LogP contribution in [-0.4, -0.2) is 13.1 Å². The lowest BCUT2D eigenvalue weighted by Gasteiger charge is -2.11. The third-order valence-corrected chi connectivity index (χ3v) is 3.20. The topological polar surface area (TPSA) is 74.2 Å². The Hall–Kier alpha value is -2.52. The summed E-state index contributed by atoms with van der Waals surface area (Å²) in [6, 6.07) is 13.7. The van der Waals surface area contributed by atoms with Gasteiger partial charge in [-0.1, -0.05) is 28.1 Å². The van der Waals surface area contributed by atoms with Crippen molar-refractivity contribution >= 4 is 33.3 Å². The molecule has 0 aliphatic rings. The number of hydrogen-bond acceptors (Lipinski definition) is 3. The molecule has 0 saturated heterocycles. The van der Waals surface area contributed by atoms with E-state index in [9.17, 15) is 4.79 Å². The maximum absolute atomic E-state index is 12.0. The molecule has 21 heavy (non-hydrogen) atoms. The normalized spacial score (nSPS) is 9.57. The second kappa shape index (κ2) is 6.77. The standard InChI is InChI=1S/C15H12BrN3O2/c1-21-14-5-3-2-4-13(14)19-15(20)18-12-7-6-11(16)8-10(12)9-17/h2-8H,1H3,(H2,18,19,20). The van der Waals surface area contributed by atoms with Crippen molar-refractivity contribution in [3.63, 3.8) is 0 Å². The van der Waals surface area contributed by atoms with Gasteiger partial charge in [-0.05, 0) is 30.3 Å². The van der Waals surface area contributed by atoms with Crippen molar-refractivity contribution in [2.45, 2.75) is 0 Å². The number of rotatable bonds is 3. The molecular weight excluding hydrogens is 334 g/mol. The number of halogens is 1. The summed E-state index contributed by atoms with van der Waals surface area (Å²) in [6.45, 7) is 0. The summed E-state index contributed by atoms with van der Waals surface area (Å²) in [4.78, 5) is 12.0. The predicted molar refractivity (Wildman–Crippen MR) is 84.5 cm³/mol. The molecular formula is C15H12BrN3O2. The zero-order chi connectivity index (χ0) is 15.2. The third-order valence-electron chi connectivity index (χ3n) is 2.71. The number of carbonyl (C=O) groups is 1. The van der Waals surface area contributed by atoms with Gasteiger partial charge >= 0.3 is 6.03 Å². The summed E-state index contributed by atoms with van der Waals surface area (Å²) in [5.74, 6) is 0.559. The molecule has 0 fully saturated rings. The van der Waals surface area contributed by atoms with Crippen molar-refractivity contribution in [2.24, 2.45) is 0 Å². The lowest BCUT2D eigenvalue weighted by atomic mass is 10.2. The van der Waals surface area contributed by atoms with Crippen LogP contribution in [-0.2, 0) is 0 Å². The molecule has 2 N–H and O–H groups in total. The second-order valence-corrected chi connectivity index (χ2v) is 5.00. The van der Waals surface area contributed by atoms with E-state index in [1.54, 1.807) is 36.4 Å². The van der Waals surface area contributed by atoms with E-state index in [1.807, 2.05) is 12.1 Å². The fraction of sp³-hybridized carbons (Fsp3) is 0.0667. The van der Waals surface area contributed by atoms with Crippen molar-refractivity contribution in [1.29, 1.82) is 5.26 Å². The van der Waals surface area contributed by atoms with E-state index in [0.717, 1.165) is 4.47 Å². The zero-order valence-electron chi connectivity index (χ0n) is 11.2. The van der Waals surface area contributed by atoms with Crippen LogP contribution in [0, 0.1) is 11.3 Å². The van der Waals surface area contributed by atoms with Crippen molar-refractivity contribution < 1.29 is 9.53 Å². The van der Waals surface area contributed by atoms with Crippen molar-refractivity contribution in [1.82, 2.24) is 0 Å². The van der Waals surface area contributed by atoms with Gasteiger partial charge in [0.2, 0.25) is 0 Å². The van der Waals surface area contributed by atoms with Crippen LogP contribution in [0.3, 0.4) is 0 Å². The number of ether oxygens (including phenoxy) is 1. The first-order chi connectivity index (χ1) is 10.1. The minimum absolute atomic E-state index is 0.375. The highest BCUT2D eigenvalue weighted by Gasteiger charge is 2.09. The molecule has 0 heterocycles. The van der Waals surface area contributed by atoms with Gasteiger partial charge in [-0.2, -0.15) is 5.26 Å². The molecule has 2 aromatic rings. The Labute approximate surface area is 130 Å². The number of anilines is 2. The summed E-state index contributed by atoms with van der Waals surface area (Å²) in [5, 5.41) is 14.4. The molecule has 0 bridgehead atoms. The number of para-hydroxylation sites is 2. The summed E-state index contributed by atoms with van der Waals surface area (Å²) in [7, 11) is 1.53. The molecule has 0 radical (unpaired) electrons. The minimum atomic E-state index is -0.446. The van der Waals surface area contributed by atoms with Crippen LogP contribution in [0.15, 0.2) is 46.9 Å². The first-order valence-electron chi connectivity index (χ1n) is 6.04. The molecule has 0 aliphatic carbocycles. The number of urea groups is 1. The Bertz CT molecular complexity index is 710. The average Bonchev–Trinajstić information content (AvgIpc) is 2.49. The molecule has 6 heteroatoms. The molecule has 0 atom stereocenters. The van der Waals surface area contributed by atoms with E-state index in [0.29, 0.717) is 22.7 Å². The molecule has 2 rings (SSSR count). The highest BCUT2D eigenvalue weighted by atomic mass is 79.9. The van der Waals surface area contributed by atoms with Gasteiger partial charge in [0.25, 0.3) is 0 Å². The highest BCUT2D eigenvalue weighted by Crippen LogP contribution is 2.24. The molecule has 5 nitrogen and oxygen atoms in total. The number of methoxy groups -OCH3 is 1. The molecule has 2 aromatic carbocycles. The van der Waals surface area contributed by atoms with Crippen molar-refractivity contribution in [2.75, 3.05) is 17.7 Å². The Morgan fingerprint density at radius 3 is 2.62 bits per heavy atom. The lowest BCUT2D eigenvalue weighted by Crippen LogP contribution is -2.20. The Morgan fingerprint density at radius 2 is 1.90 bits per heavy atom. The molecule has 0 aliphatic heterocycles. The SMILES string of the molecule is COc1ccccc1NC(=O)Nc1ccc(Br)cc1C#N. The average molecular weight is 346 g/mol. The fourth-order valence-corrected chi connectivity index (χ4v) is 2.10. The van der Waals surface area contributed by atoms with Crippen LogP contribution in [0.5, 0.6) is 5.75 Å². The van der Waals surface area contributed by atoms with Crippen molar-refractivity contribution in [3.8, 4) is 11.8 Å². The van der Waals surface area contributed by atoms with E-state index in [4.69, 9.17) is 10.00 Å². The number of amides is 2. The smallest absolute Gasteiger partial charge is 0.323 e. The van der Waals surface area contributed by atoms with E-state index < -0.39 is 6.03 Å². The molecule has 0 unspecified atom stereocenters. The van der Waals surface area contributed by atoms with Gasteiger partial charge in [-0.3, -0.25) is 0 Å². The Morgan fingerprint density at radius 1 is 1.19 bits per heavy atom. The van der Waals surface area contributed by atoms with E-state index >= 15 is 0 Å². The summed E-state index contributed by atoms with van der Waals surface area (Å²) in [5.41, 5.74) is 1.36. The molecule has 0 saturated carbocycles. The number of nitrogens with zero attached hydrogens (tertiary/aromatic N) is 1. The van der Waals surface area contributed by atoms with Gasteiger partial charge in [0, 0.05) is 4.47 Å².